The normalized spacial score (nSPS) is 10.8. The third kappa shape index (κ3) is 5.35. The van der Waals surface area contributed by atoms with Gasteiger partial charge in [-0.15, -0.1) is 0 Å². The number of ether oxygens (including phenoxy) is 2. The number of carbonyl (C=O) groups is 2. The van der Waals surface area contributed by atoms with Gasteiger partial charge in [0.25, 0.3) is 0 Å². The molecular weight excluding hydrogens is 370 g/mol. The highest BCUT2D eigenvalue weighted by Crippen LogP contribution is 2.16. The molecule has 0 saturated carbocycles. The Morgan fingerprint density at radius 1 is 1.00 bits per heavy atom. The molecule has 0 spiro atoms. The van der Waals surface area contributed by atoms with Gasteiger partial charge >= 0.3 is 5.97 Å². The number of nitrogens with zero attached hydrogens (tertiary/aromatic N) is 1. The van der Waals surface area contributed by atoms with Gasteiger partial charge in [-0.3, -0.25) is 4.79 Å². The number of carboxylic acid groups (broad SMARTS) is 1. The van der Waals surface area contributed by atoms with E-state index in [1.54, 1.807) is 49.6 Å². The molecule has 0 radical (unpaired) electrons. The van der Waals surface area contributed by atoms with E-state index in [1.807, 2.05) is 41.1 Å². The summed E-state index contributed by atoms with van der Waals surface area (Å²) in [5.74, 6) is 0.147. The van der Waals surface area contributed by atoms with Gasteiger partial charge in [0.05, 0.1) is 12.8 Å². The highest BCUT2D eigenvalue weighted by molar-refractivity contribution is 6.08. The first kappa shape index (κ1) is 19.9. The number of aromatic nitrogens is 1. The van der Waals surface area contributed by atoms with Crippen LogP contribution >= 0.6 is 0 Å². The fourth-order valence-electron chi connectivity index (χ4n) is 2.79. The Labute approximate surface area is 168 Å². The largest absolute Gasteiger partial charge is 0.497 e. The summed E-state index contributed by atoms with van der Waals surface area (Å²) in [5.41, 5.74) is 2.16. The van der Waals surface area contributed by atoms with E-state index in [4.69, 9.17) is 14.6 Å². The van der Waals surface area contributed by atoms with E-state index in [9.17, 15) is 9.59 Å². The maximum absolute atomic E-state index is 12.8. The van der Waals surface area contributed by atoms with Crippen LogP contribution in [-0.2, 0) is 11.3 Å². The van der Waals surface area contributed by atoms with Crippen LogP contribution < -0.4 is 9.47 Å². The molecule has 0 aliphatic heterocycles. The summed E-state index contributed by atoms with van der Waals surface area (Å²) in [6.45, 7) is 0.176. The van der Waals surface area contributed by atoms with Crippen LogP contribution in [0.3, 0.4) is 0 Å². The third-order valence-corrected chi connectivity index (χ3v) is 4.27. The Hall–Kier alpha value is -3.80. The van der Waals surface area contributed by atoms with Crippen LogP contribution in [0.4, 0.5) is 0 Å². The molecule has 29 heavy (non-hydrogen) atoms. The number of carbonyl (C=O) groups excluding carboxylic acids is 1. The zero-order valence-corrected chi connectivity index (χ0v) is 15.9. The van der Waals surface area contributed by atoms with Crippen molar-refractivity contribution in [2.75, 3.05) is 13.7 Å². The molecule has 2 aromatic carbocycles. The molecule has 0 atom stereocenters. The summed E-state index contributed by atoms with van der Waals surface area (Å²) in [4.78, 5) is 23.3. The lowest BCUT2D eigenvalue weighted by Crippen LogP contribution is -2.09. The highest BCUT2D eigenvalue weighted by atomic mass is 16.5. The second-order valence-corrected chi connectivity index (χ2v) is 6.26. The van der Waals surface area contributed by atoms with Crippen LogP contribution in [0.15, 0.2) is 72.9 Å². The molecule has 0 unspecified atom stereocenters. The maximum atomic E-state index is 12.8. The van der Waals surface area contributed by atoms with E-state index in [-0.39, 0.29) is 12.4 Å². The van der Waals surface area contributed by atoms with Crippen molar-refractivity contribution >= 4 is 17.8 Å². The number of carboxylic acids is 1. The van der Waals surface area contributed by atoms with Gasteiger partial charge in [-0.2, -0.15) is 0 Å². The number of allylic oxidation sites excluding steroid dienone is 1. The number of methoxy groups -OCH3 is 1. The molecule has 6 nitrogen and oxygen atoms in total. The molecule has 6 heteroatoms. The minimum absolute atomic E-state index is 0.0500. The predicted octanol–water partition coefficient (Wildman–Crippen LogP) is 3.90. The summed E-state index contributed by atoms with van der Waals surface area (Å²) in [5, 5.41) is 8.63. The molecule has 1 heterocycles. The molecule has 0 bridgehead atoms. The van der Waals surface area contributed by atoms with Crippen molar-refractivity contribution in [3.05, 3.63) is 89.8 Å². The fourth-order valence-corrected chi connectivity index (χ4v) is 2.79. The average molecular weight is 391 g/mol. The Morgan fingerprint density at radius 3 is 2.34 bits per heavy atom. The van der Waals surface area contributed by atoms with Gasteiger partial charge in [0.1, 0.15) is 11.5 Å². The van der Waals surface area contributed by atoms with Crippen molar-refractivity contribution in [1.82, 2.24) is 4.57 Å². The van der Waals surface area contributed by atoms with Crippen LogP contribution in [0.2, 0.25) is 0 Å². The first-order valence-corrected chi connectivity index (χ1v) is 9.02. The molecular formula is C23H21NO5. The number of hydrogen-bond acceptors (Lipinski definition) is 4. The van der Waals surface area contributed by atoms with E-state index >= 15 is 0 Å². The standard InChI is InChI=1S/C23H21NO5/c1-28-19-12-8-18(9-13-19)23(27)21-5-3-15-24(21)14-2-4-17-6-10-20(11-7-17)29-16-22(25)26/h2-13,15H,14,16H2,1H3,(H,25,26)/b4-2+. The molecule has 0 aliphatic carbocycles. The van der Waals surface area contributed by atoms with E-state index in [0.29, 0.717) is 29.3 Å². The molecule has 1 aromatic heterocycles. The first-order chi connectivity index (χ1) is 14.1. The van der Waals surface area contributed by atoms with Crippen LogP contribution in [0, 0.1) is 0 Å². The van der Waals surface area contributed by atoms with Gasteiger partial charge in [-0.25, -0.2) is 4.79 Å². The molecule has 3 aromatic rings. The zero-order valence-electron chi connectivity index (χ0n) is 15.9. The Balaban J connectivity index is 1.63. The second kappa shape index (κ2) is 9.41. The monoisotopic (exact) mass is 391 g/mol. The fraction of sp³-hybridized carbons (Fsp3) is 0.130. The zero-order chi connectivity index (χ0) is 20.6. The summed E-state index contributed by atoms with van der Waals surface area (Å²) >= 11 is 0. The average Bonchev–Trinajstić information content (AvgIpc) is 3.21. The molecule has 0 aliphatic rings. The summed E-state index contributed by atoms with van der Waals surface area (Å²) in [6, 6.07) is 17.8. The minimum atomic E-state index is -1.01. The highest BCUT2D eigenvalue weighted by Gasteiger charge is 2.12. The number of rotatable bonds is 9. The van der Waals surface area contributed by atoms with E-state index in [2.05, 4.69) is 0 Å². The van der Waals surface area contributed by atoms with Gasteiger partial charge in [-0.1, -0.05) is 24.3 Å². The van der Waals surface area contributed by atoms with E-state index in [1.165, 1.54) is 0 Å². The summed E-state index contributed by atoms with van der Waals surface area (Å²) < 4.78 is 12.1. The smallest absolute Gasteiger partial charge is 0.341 e. The maximum Gasteiger partial charge on any atom is 0.341 e. The van der Waals surface area contributed by atoms with Gasteiger partial charge in [0, 0.05) is 18.3 Å². The lowest BCUT2D eigenvalue weighted by Gasteiger charge is -2.07. The quantitative estimate of drug-likeness (QED) is 0.560. The lowest BCUT2D eigenvalue weighted by atomic mass is 10.1. The van der Waals surface area contributed by atoms with Gasteiger partial charge < -0.3 is 19.1 Å². The van der Waals surface area contributed by atoms with Gasteiger partial charge in [-0.05, 0) is 54.1 Å². The molecule has 0 saturated heterocycles. The van der Waals surface area contributed by atoms with E-state index < -0.39 is 5.97 Å². The number of ketones is 1. The Bertz CT molecular complexity index is 1000. The molecule has 1 N–H and O–H groups in total. The van der Waals surface area contributed by atoms with Crippen LogP contribution in [0.1, 0.15) is 21.6 Å². The van der Waals surface area contributed by atoms with Crippen molar-refractivity contribution in [3.63, 3.8) is 0 Å². The van der Waals surface area contributed by atoms with Crippen LogP contribution in [-0.4, -0.2) is 35.1 Å². The second-order valence-electron chi connectivity index (χ2n) is 6.26. The predicted molar refractivity (Wildman–Crippen MR) is 109 cm³/mol. The van der Waals surface area contributed by atoms with E-state index in [0.717, 1.165) is 5.56 Å². The Morgan fingerprint density at radius 2 is 1.69 bits per heavy atom. The van der Waals surface area contributed by atoms with Crippen molar-refractivity contribution in [2.24, 2.45) is 0 Å². The van der Waals surface area contributed by atoms with Crippen molar-refractivity contribution in [2.45, 2.75) is 6.54 Å². The lowest BCUT2D eigenvalue weighted by molar-refractivity contribution is -0.139. The molecule has 3 rings (SSSR count). The van der Waals surface area contributed by atoms with Gasteiger partial charge in [0.2, 0.25) is 5.78 Å². The molecule has 148 valence electrons. The topological polar surface area (TPSA) is 77.8 Å². The summed E-state index contributed by atoms with van der Waals surface area (Å²) in [6.07, 6.45) is 5.75. The van der Waals surface area contributed by atoms with Crippen LogP contribution in [0.25, 0.3) is 6.08 Å². The SMILES string of the molecule is COc1ccc(C(=O)c2cccn2C/C=C/c2ccc(OCC(=O)O)cc2)cc1. The Kier molecular flexibility index (Phi) is 6.47. The van der Waals surface area contributed by atoms with Crippen LogP contribution in [0.5, 0.6) is 11.5 Å². The third-order valence-electron chi connectivity index (χ3n) is 4.27. The first-order valence-electron chi connectivity index (χ1n) is 9.02. The number of aliphatic carboxylic acids is 1. The van der Waals surface area contributed by atoms with Gasteiger partial charge in [0.15, 0.2) is 6.61 Å². The van der Waals surface area contributed by atoms with Crippen molar-refractivity contribution in [1.29, 1.82) is 0 Å². The number of benzene rings is 2. The minimum Gasteiger partial charge on any atom is -0.497 e. The number of hydrogen-bond donors (Lipinski definition) is 1. The molecule has 0 amide bonds. The van der Waals surface area contributed by atoms with Crippen molar-refractivity contribution in [3.8, 4) is 11.5 Å². The molecule has 0 fully saturated rings. The summed E-state index contributed by atoms with van der Waals surface area (Å²) in [7, 11) is 1.59. The van der Waals surface area contributed by atoms with Crippen molar-refractivity contribution < 1.29 is 24.2 Å².